The maximum Gasteiger partial charge on any atom is 0.259 e. The Morgan fingerprint density at radius 1 is 1.18 bits per heavy atom. The monoisotopic (exact) mass is 397 g/mol. The summed E-state index contributed by atoms with van der Waals surface area (Å²) in [6, 6.07) is 8.52. The van der Waals surface area contributed by atoms with Gasteiger partial charge < -0.3 is 10.2 Å². The average molecular weight is 398 g/mol. The predicted molar refractivity (Wildman–Crippen MR) is 110 cm³/mol. The molecular weight excluding hydrogens is 374 g/mol. The van der Waals surface area contributed by atoms with Crippen molar-refractivity contribution in [2.75, 3.05) is 19.6 Å². The third-order valence-electron chi connectivity index (χ3n) is 6.05. The van der Waals surface area contributed by atoms with Gasteiger partial charge in [0.05, 0.1) is 12.2 Å². The summed E-state index contributed by atoms with van der Waals surface area (Å²) in [5.41, 5.74) is 4.72. The maximum absolute atomic E-state index is 13.5. The molecule has 1 amide bonds. The van der Waals surface area contributed by atoms with E-state index in [1.54, 1.807) is 16.9 Å². The number of carbonyl (C=O) groups is 1. The summed E-state index contributed by atoms with van der Waals surface area (Å²) in [6.07, 6.45) is 5.35. The van der Waals surface area contributed by atoms with E-state index in [1.807, 2.05) is 13.1 Å². The minimum absolute atomic E-state index is 0. The number of benzene rings is 1. The zero-order valence-corrected chi connectivity index (χ0v) is 16.8. The largest absolute Gasteiger partial charge is 0.331 e. The van der Waals surface area contributed by atoms with Crippen molar-refractivity contribution in [3.05, 3.63) is 65.1 Å². The molecule has 2 aromatic heterocycles. The molecule has 2 saturated heterocycles. The summed E-state index contributed by atoms with van der Waals surface area (Å²) in [6.45, 7) is 6.81. The number of fused-ring (bicyclic) bond motifs is 2. The Labute approximate surface area is 170 Å². The van der Waals surface area contributed by atoms with Gasteiger partial charge in [0.2, 0.25) is 0 Å². The molecule has 2 fully saturated rings. The second-order valence-electron chi connectivity index (χ2n) is 7.80. The molecule has 1 N–H and O–H groups in total. The van der Waals surface area contributed by atoms with Crippen LogP contribution in [-0.2, 0) is 0 Å². The highest BCUT2D eigenvalue weighted by molar-refractivity contribution is 6.00. The molecular formula is C21H24ClN5O. The Hall–Kier alpha value is -2.44. The van der Waals surface area contributed by atoms with Crippen LogP contribution in [0.15, 0.2) is 42.9 Å². The molecule has 146 valence electrons. The van der Waals surface area contributed by atoms with E-state index < -0.39 is 0 Å². The van der Waals surface area contributed by atoms with Crippen molar-refractivity contribution < 1.29 is 4.79 Å². The van der Waals surface area contributed by atoms with Crippen LogP contribution in [0.5, 0.6) is 0 Å². The normalized spacial score (nSPS) is 23.6. The van der Waals surface area contributed by atoms with Gasteiger partial charge in [0.25, 0.3) is 5.91 Å². The van der Waals surface area contributed by atoms with Gasteiger partial charge in [0, 0.05) is 37.9 Å². The molecule has 0 bridgehead atoms. The van der Waals surface area contributed by atoms with Gasteiger partial charge in [-0.15, -0.1) is 12.4 Å². The van der Waals surface area contributed by atoms with Crippen molar-refractivity contribution in [3.63, 3.8) is 0 Å². The molecule has 2 aliphatic rings. The Kier molecular flexibility index (Phi) is 4.85. The predicted octanol–water partition coefficient (Wildman–Crippen LogP) is 2.80. The fourth-order valence-corrected chi connectivity index (χ4v) is 4.72. The van der Waals surface area contributed by atoms with Crippen molar-refractivity contribution in [1.29, 1.82) is 0 Å². The first kappa shape index (κ1) is 18.9. The summed E-state index contributed by atoms with van der Waals surface area (Å²) in [5, 5.41) is 7.86. The van der Waals surface area contributed by atoms with Crippen molar-refractivity contribution in [3.8, 4) is 0 Å². The summed E-state index contributed by atoms with van der Waals surface area (Å²) in [5.74, 6) is 0.978. The van der Waals surface area contributed by atoms with Crippen LogP contribution in [0.2, 0.25) is 0 Å². The van der Waals surface area contributed by atoms with Crippen LogP contribution in [-0.4, -0.2) is 45.0 Å². The lowest BCUT2D eigenvalue weighted by Crippen LogP contribution is -2.35. The van der Waals surface area contributed by atoms with Crippen molar-refractivity contribution in [2.24, 2.45) is 11.8 Å². The molecule has 5 rings (SSSR count). The third kappa shape index (κ3) is 2.88. The number of halogens is 1. The topological polar surface area (TPSA) is 62.5 Å². The molecule has 0 saturated carbocycles. The van der Waals surface area contributed by atoms with Gasteiger partial charge in [-0.2, -0.15) is 5.10 Å². The number of hydrogen-bond acceptors (Lipinski definition) is 4. The Morgan fingerprint density at radius 3 is 2.82 bits per heavy atom. The first-order chi connectivity index (χ1) is 13.1. The zero-order chi connectivity index (χ0) is 18.5. The SMILES string of the molecule is Cc1cnc2c(C(=O)N3C[C@@H]4CNC[C@@H]4[C@H]3c3ccccc3C)cnn2c1.Cl. The highest BCUT2D eigenvalue weighted by Crippen LogP contribution is 2.44. The van der Waals surface area contributed by atoms with E-state index in [4.69, 9.17) is 0 Å². The van der Waals surface area contributed by atoms with Gasteiger partial charge in [-0.1, -0.05) is 24.3 Å². The summed E-state index contributed by atoms with van der Waals surface area (Å²) < 4.78 is 1.70. The highest BCUT2D eigenvalue weighted by Gasteiger charge is 2.47. The van der Waals surface area contributed by atoms with Crippen molar-refractivity contribution >= 4 is 24.0 Å². The molecule has 0 spiro atoms. The number of aromatic nitrogens is 3. The number of amides is 1. The number of rotatable bonds is 2. The van der Waals surface area contributed by atoms with E-state index in [0.29, 0.717) is 23.0 Å². The number of nitrogens with one attached hydrogen (secondary N) is 1. The molecule has 3 aromatic rings. The van der Waals surface area contributed by atoms with Crippen LogP contribution in [0, 0.1) is 25.7 Å². The molecule has 2 aliphatic heterocycles. The lowest BCUT2D eigenvalue weighted by Gasteiger charge is -2.29. The molecule has 0 unspecified atom stereocenters. The molecule has 6 nitrogen and oxygen atoms in total. The minimum atomic E-state index is 0. The fourth-order valence-electron chi connectivity index (χ4n) is 4.72. The molecule has 4 heterocycles. The van der Waals surface area contributed by atoms with E-state index >= 15 is 0 Å². The van der Waals surface area contributed by atoms with E-state index in [9.17, 15) is 4.79 Å². The van der Waals surface area contributed by atoms with Crippen molar-refractivity contribution in [2.45, 2.75) is 19.9 Å². The Balaban J connectivity index is 0.00000192. The highest BCUT2D eigenvalue weighted by atomic mass is 35.5. The summed E-state index contributed by atoms with van der Waals surface area (Å²) in [4.78, 5) is 20.1. The van der Waals surface area contributed by atoms with Gasteiger partial charge in [0.1, 0.15) is 5.56 Å². The lowest BCUT2D eigenvalue weighted by atomic mass is 9.87. The molecule has 7 heteroatoms. The minimum Gasteiger partial charge on any atom is -0.331 e. The number of aryl methyl sites for hydroxylation is 2. The summed E-state index contributed by atoms with van der Waals surface area (Å²) in [7, 11) is 0. The van der Waals surface area contributed by atoms with Crippen LogP contribution in [0.1, 0.15) is 33.1 Å². The third-order valence-corrected chi connectivity index (χ3v) is 6.05. The van der Waals surface area contributed by atoms with Gasteiger partial charge >= 0.3 is 0 Å². The maximum atomic E-state index is 13.5. The standard InChI is InChI=1S/C21H23N5O.ClH/c1-13-7-23-20-18(10-24-26(20)11-13)21(27)25-12-15-8-22-9-17(15)19(25)16-6-4-3-5-14(16)2;/h3-7,10-11,15,17,19,22H,8-9,12H2,1-2H3;1H/t15-,17-,19+;/m0./s1. The van der Waals surface area contributed by atoms with E-state index in [1.165, 1.54) is 11.1 Å². The number of nitrogens with zero attached hydrogens (tertiary/aromatic N) is 4. The lowest BCUT2D eigenvalue weighted by molar-refractivity contribution is 0.0715. The number of hydrogen-bond donors (Lipinski definition) is 1. The molecule has 28 heavy (non-hydrogen) atoms. The van der Waals surface area contributed by atoms with Crippen molar-refractivity contribution in [1.82, 2.24) is 24.8 Å². The van der Waals surface area contributed by atoms with E-state index in [2.05, 4.69) is 51.5 Å². The van der Waals surface area contributed by atoms with E-state index in [-0.39, 0.29) is 24.4 Å². The second kappa shape index (κ2) is 7.18. The van der Waals surface area contributed by atoms with Crippen LogP contribution < -0.4 is 5.32 Å². The first-order valence-corrected chi connectivity index (χ1v) is 9.50. The number of carbonyl (C=O) groups excluding carboxylic acids is 1. The summed E-state index contributed by atoms with van der Waals surface area (Å²) >= 11 is 0. The molecule has 0 aliphatic carbocycles. The van der Waals surface area contributed by atoms with Crippen LogP contribution in [0.25, 0.3) is 5.65 Å². The Bertz CT molecular complexity index is 1030. The van der Waals surface area contributed by atoms with Gasteiger partial charge in [0.15, 0.2) is 5.65 Å². The van der Waals surface area contributed by atoms with Gasteiger partial charge in [-0.3, -0.25) is 4.79 Å². The molecule has 3 atom stereocenters. The van der Waals surface area contributed by atoms with E-state index in [0.717, 1.165) is 25.2 Å². The quantitative estimate of drug-likeness (QED) is 0.722. The van der Waals surface area contributed by atoms with Gasteiger partial charge in [-0.05, 0) is 36.5 Å². The van der Waals surface area contributed by atoms with Crippen LogP contribution >= 0.6 is 12.4 Å². The smallest absolute Gasteiger partial charge is 0.259 e. The number of likely N-dealkylation sites (tertiary alicyclic amines) is 1. The van der Waals surface area contributed by atoms with Crippen LogP contribution in [0.3, 0.4) is 0 Å². The first-order valence-electron chi connectivity index (χ1n) is 9.50. The fraction of sp³-hybridized carbons (Fsp3) is 0.381. The Morgan fingerprint density at radius 2 is 2.00 bits per heavy atom. The van der Waals surface area contributed by atoms with Crippen LogP contribution in [0.4, 0.5) is 0 Å². The second-order valence-corrected chi connectivity index (χ2v) is 7.80. The molecule has 1 aromatic carbocycles. The zero-order valence-electron chi connectivity index (χ0n) is 16.0. The molecule has 0 radical (unpaired) electrons. The average Bonchev–Trinajstić information content (AvgIpc) is 3.35. The van der Waals surface area contributed by atoms with Gasteiger partial charge in [-0.25, -0.2) is 9.50 Å².